The first-order valence-corrected chi connectivity index (χ1v) is 13.6. The minimum atomic E-state index is -0.120. The SMILES string of the molecule is CC(=O)N1CCCCCCCN(C2CCOCC2)Cc2cc(C(=O)NCc3ccc(Cl)cc3)ccc21. The molecule has 6 nitrogen and oxygen atoms in total. The van der Waals surface area contributed by atoms with E-state index in [2.05, 4.69) is 10.2 Å². The molecule has 2 heterocycles. The van der Waals surface area contributed by atoms with Gasteiger partial charge >= 0.3 is 0 Å². The molecule has 4 rings (SSSR count). The Morgan fingerprint density at radius 3 is 2.39 bits per heavy atom. The van der Waals surface area contributed by atoms with E-state index >= 15 is 0 Å². The van der Waals surface area contributed by atoms with Gasteiger partial charge in [0.1, 0.15) is 0 Å². The predicted molar refractivity (Wildman–Crippen MR) is 144 cm³/mol. The first kappa shape index (κ1) is 26.6. The topological polar surface area (TPSA) is 61.9 Å². The average molecular weight is 512 g/mol. The van der Waals surface area contributed by atoms with Crippen LogP contribution in [0.1, 0.15) is 73.4 Å². The number of fused-ring (bicyclic) bond motifs is 1. The second-order valence-electron chi connectivity index (χ2n) is 9.91. The summed E-state index contributed by atoms with van der Waals surface area (Å²) in [5.74, 6) is -0.0725. The molecule has 2 aromatic carbocycles. The number of nitrogens with one attached hydrogen (secondary N) is 1. The van der Waals surface area contributed by atoms with Gasteiger partial charge in [0.05, 0.1) is 0 Å². The minimum Gasteiger partial charge on any atom is -0.381 e. The van der Waals surface area contributed by atoms with Gasteiger partial charge in [0, 0.05) is 62.1 Å². The van der Waals surface area contributed by atoms with Gasteiger partial charge in [-0.15, -0.1) is 0 Å². The molecule has 0 saturated carbocycles. The van der Waals surface area contributed by atoms with Crippen LogP contribution >= 0.6 is 11.6 Å². The third kappa shape index (κ3) is 7.31. The number of benzene rings is 2. The fourth-order valence-electron chi connectivity index (χ4n) is 5.23. The van der Waals surface area contributed by atoms with Crippen molar-refractivity contribution in [3.8, 4) is 0 Å². The van der Waals surface area contributed by atoms with Gasteiger partial charge in [-0.2, -0.15) is 0 Å². The van der Waals surface area contributed by atoms with Crippen molar-refractivity contribution in [2.24, 2.45) is 0 Å². The zero-order valence-electron chi connectivity index (χ0n) is 21.3. The van der Waals surface area contributed by atoms with Gasteiger partial charge in [-0.05, 0) is 73.7 Å². The van der Waals surface area contributed by atoms with Crippen molar-refractivity contribution in [1.82, 2.24) is 10.2 Å². The molecule has 1 fully saturated rings. The lowest BCUT2D eigenvalue weighted by atomic mass is 10.0. The summed E-state index contributed by atoms with van der Waals surface area (Å²) >= 11 is 5.98. The Balaban J connectivity index is 1.60. The molecule has 7 heteroatoms. The molecule has 194 valence electrons. The first-order valence-electron chi connectivity index (χ1n) is 13.3. The largest absolute Gasteiger partial charge is 0.381 e. The molecule has 0 spiro atoms. The number of carbonyl (C=O) groups excluding carboxylic acids is 2. The maximum absolute atomic E-state index is 13.1. The van der Waals surface area contributed by atoms with E-state index in [-0.39, 0.29) is 11.8 Å². The second-order valence-corrected chi connectivity index (χ2v) is 10.3. The van der Waals surface area contributed by atoms with Crippen molar-refractivity contribution in [3.05, 3.63) is 64.2 Å². The summed E-state index contributed by atoms with van der Waals surface area (Å²) in [5.41, 5.74) is 3.57. The first-order chi connectivity index (χ1) is 17.5. The zero-order valence-corrected chi connectivity index (χ0v) is 22.1. The van der Waals surface area contributed by atoms with E-state index in [1.165, 1.54) is 19.3 Å². The number of amides is 2. The zero-order chi connectivity index (χ0) is 25.3. The molecule has 1 saturated heterocycles. The number of anilines is 1. The monoisotopic (exact) mass is 511 g/mol. The third-order valence-electron chi connectivity index (χ3n) is 7.29. The molecule has 0 unspecified atom stereocenters. The molecule has 2 aromatic rings. The van der Waals surface area contributed by atoms with Gasteiger partial charge in [-0.25, -0.2) is 0 Å². The van der Waals surface area contributed by atoms with Crippen LogP contribution in [0.4, 0.5) is 5.69 Å². The summed E-state index contributed by atoms with van der Waals surface area (Å²) in [4.78, 5) is 30.2. The van der Waals surface area contributed by atoms with Crippen LogP contribution in [0.5, 0.6) is 0 Å². The summed E-state index contributed by atoms with van der Waals surface area (Å²) in [6.45, 7) is 6.11. The van der Waals surface area contributed by atoms with Crippen molar-refractivity contribution in [3.63, 3.8) is 0 Å². The van der Waals surface area contributed by atoms with E-state index in [1.807, 2.05) is 47.4 Å². The van der Waals surface area contributed by atoms with E-state index < -0.39 is 0 Å². The number of rotatable bonds is 4. The minimum absolute atomic E-state index is 0.0471. The highest BCUT2D eigenvalue weighted by atomic mass is 35.5. The number of carbonyl (C=O) groups is 2. The number of halogens is 1. The smallest absolute Gasteiger partial charge is 0.251 e. The normalized spacial score (nSPS) is 18.6. The molecule has 36 heavy (non-hydrogen) atoms. The molecular weight excluding hydrogens is 474 g/mol. The van der Waals surface area contributed by atoms with Crippen molar-refractivity contribution < 1.29 is 14.3 Å². The summed E-state index contributed by atoms with van der Waals surface area (Å²) in [7, 11) is 0. The molecule has 0 aromatic heterocycles. The Bertz CT molecular complexity index is 1020. The van der Waals surface area contributed by atoms with Crippen molar-refractivity contribution in [2.75, 3.05) is 31.2 Å². The highest BCUT2D eigenvalue weighted by Crippen LogP contribution is 2.28. The Hall–Kier alpha value is -2.41. The van der Waals surface area contributed by atoms with Crippen LogP contribution in [0.15, 0.2) is 42.5 Å². The summed E-state index contributed by atoms with van der Waals surface area (Å²) in [6, 6.07) is 13.7. The lowest BCUT2D eigenvalue weighted by Gasteiger charge is -2.36. The van der Waals surface area contributed by atoms with Crippen LogP contribution in [0.3, 0.4) is 0 Å². The number of hydrogen-bond donors (Lipinski definition) is 1. The highest BCUT2D eigenvalue weighted by Gasteiger charge is 2.25. The van der Waals surface area contributed by atoms with E-state index in [0.717, 1.165) is 68.8 Å². The lowest BCUT2D eigenvalue weighted by Crippen LogP contribution is -2.40. The maximum Gasteiger partial charge on any atom is 0.251 e. The van der Waals surface area contributed by atoms with Crippen LogP contribution < -0.4 is 10.2 Å². The van der Waals surface area contributed by atoms with Gasteiger partial charge < -0.3 is 15.0 Å². The quantitative estimate of drug-likeness (QED) is 0.583. The van der Waals surface area contributed by atoms with Crippen LogP contribution in [0.2, 0.25) is 5.02 Å². The summed E-state index contributed by atoms with van der Waals surface area (Å²) in [6.07, 6.45) is 7.74. The molecular formula is C29H38ClN3O3. The predicted octanol–water partition coefficient (Wildman–Crippen LogP) is 5.57. The average Bonchev–Trinajstić information content (AvgIpc) is 2.88. The molecule has 0 bridgehead atoms. The van der Waals surface area contributed by atoms with Gasteiger partial charge in [0.2, 0.25) is 5.91 Å². The molecule has 0 atom stereocenters. The summed E-state index contributed by atoms with van der Waals surface area (Å²) in [5, 5.41) is 3.70. The number of ether oxygens (including phenoxy) is 1. The fraction of sp³-hybridized carbons (Fsp3) is 0.517. The molecule has 2 amide bonds. The van der Waals surface area contributed by atoms with Gasteiger partial charge in [0.15, 0.2) is 0 Å². The van der Waals surface area contributed by atoms with Crippen LogP contribution in [-0.4, -0.2) is 49.1 Å². The third-order valence-corrected chi connectivity index (χ3v) is 7.54. The molecule has 1 N–H and O–H groups in total. The standard InChI is InChI=1S/C29H38ClN3O3/c1-22(34)33-16-6-4-2-3-5-15-32(27-13-17-36-18-14-27)21-25-19-24(9-12-28(25)33)29(35)31-20-23-7-10-26(30)11-8-23/h7-12,19,27H,2-6,13-18,20-21H2,1H3,(H,31,35). The van der Waals surface area contributed by atoms with Crippen molar-refractivity contribution in [2.45, 2.75) is 71.0 Å². The Morgan fingerprint density at radius 1 is 0.972 bits per heavy atom. The van der Waals surface area contributed by atoms with Crippen LogP contribution in [0, 0.1) is 0 Å². The van der Waals surface area contributed by atoms with Gasteiger partial charge in [0.25, 0.3) is 5.91 Å². The van der Waals surface area contributed by atoms with E-state index in [9.17, 15) is 9.59 Å². The van der Waals surface area contributed by atoms with E-state index in [4.69, 9.17) is 16.3 Å². The van der Waals surface area contributed by atoms with E-state index in [0.29, 0.717) is 29.7 Å². The Kier molecular flexibility index (Phi) is 9.79. The van der Waals surface area contributed by atoms with Crippen LogP contribution in [-0.2, 0) is 22.6 Å². The number of nitrogens with zero attached hydrogens (tertiary/aromatic N) is 2. The number of hydrogen-bond acceptors (Lipinski definition) is 4. The Labute approximate surface area is 219 Å². The molecule has 2 aliphatic rings. The molecule has 0 aliphatic carbocycles. The second kappa shape index (κ2) is 13.2. The maximum atomic E-state index is 13.1. The van der Waals surface area contributed by atoms with Crippen molar-refractivity contribution >= 4 is 29.1 Å². The molecule has 0 radical (unpaired) electrons. The molecule has 2 aliphatic heterocycles. The highest BCUT2D eigenvalue weighted by molar-refractivity contribution is 6.30. The summed E-state index contributed by atoms with van der Waals surface area (Å²) < 4.78 is 5.63. The Morgan fingerprint density at radius 2 is 1.67 bits per heavy atom. The van der Waals surface area contributed by atoms with Crippen molar-refractivity contribution in [1.29, 1.82) is 0 Å². The fourth-order valence-corrected chi connectivity index (χ4v) is 5.35. The van der Waals surface area contributed by atoms with Crippen LogP contribution in [0.25, 0.3) is 0 Å². The van der Waals surface area contributed by atoms with Gasteiger partial charge in [-0.1, -0.05) is 43.0 Å². The lowest BCUT2D eigenvalue weighted by molar-refractivity contribution is -0.116. The van der Waals surface area contributed by atoms with E-state index in [1.54, 1.807) is 6.92 Å². The van der Waals surface area contributed by atoms with Gasteiger partial charge in [-0.3, -0.25) is 14.5 Å².